The van der Waals surface area contributed by atoms with Gasteiger partial charge in [-0.05, 0) is 43.9 Å². The van der Waals surface area contributed by atoms with Gasteiger partial charge in [0.05, 0.1) is 0 Å². The molecule has 0 unspecified atom stereocenters. The molecule has 0 bridgehead atoms. The molecule has 0 spiro atoms. The minimum atomic E-state index is -0.359. The number of nitrogens with zero attached hydrogens (tertiary/aromatic N) is 1. The Kier molecular flexibility index (Phi) is 6.22. The lowest BCUT2D eigenvalue weighted by molar-refractivity contribution is -0.112. The minimum Gasteiger partial charge on any atom is -0.387 e. The van der Waals surface area contributed by atoms with Crippen LogP contribution in [-0.2, 0) is 4.79 Å². The summed E-state index contributed by atoms with van der Waals surface area (Å²) in [5.41, 5.74) is 3.01. The van der Waals surface area contributed by atoms with Crippen LogP contribution in [0.15, 0.2) is 30.0 Å². The molecule has 1 aliphatic rings. The molecule has 23 heavy (non-hydrogen) atoms. The molecule has 1 aromatic rings. The Morgan fingerprint density at radius 2 is 1.91 bits per heavy atom. The normalized spacial score (nSPS) is 16.3. The van der Waals surface area contributed by atoms with Crippen LogP contribution in [0.4, 0.5) is 5.69 Å². The zero-order valence-corrected chi connectivity index (χ0v) is 14.0. The molecule has 1 fully saturated rings. The molecule has 0 saturated heterocycles. The van der Waals surface area contributed by atoms with E-state index in [-0.39, 0.29) is 11.5 Å². The summed E-state index contributed by atoms with van der Waals surface area (Å²) in [5, 5.41) is 15.4. The quantitative estimate of drug-likeness (QED) is 0.502. The predicted octanol–water partition coefficient (Wildman–Crippen LogP) is 3.96. The largest absolute Gasteiger partial charge is 0.387 e. The van der Waals surface area contributed by atoms with E-state index in [0.717, 1.165) is 29.7 Å². The highest BCUT2D eigenvalue weighted by Crippen LogP contribution is 2.19. The van der Waals surface area contributed by atoms with E-state index < -0.39 is 0 Å². The maximum atomic E-state index is 12.3. The Morgan fingerprint density at radius 3 is 2.57 bits per heavy atom. The molecular formula is C19H25N3O. The van der Waals surface area contributed by atoms with E-state index in [0.29, 0.717) is 6.04 Å². The molecule has 2 rings (SSSR count). The molecule has 0 radical (unpaired) electrons. The smallest absolute Gasteiger partial charge is 0.267 e. The summed E-state index contributed by atoms with van der Waals surface area (Å²) in [6.45, 7) is 3.96. The summed E-state index contributed by atoms with van der Waals surface area (Å²) in [4.78, 5) is 12.3. The maximum absolute atomic E-state index is 12.3. The van der Waals surface area contributed by atoms with Crippen LogP contribution in [0.5, 0.6) is 0 Å². The van der Waals surface area contributed by atoms with Crippen molar-refractivity contribution >= 4 is 11.6 Å². The number of carbonyl (C=O) groups excluding carboxylic acids is 1. The number of nitriles is 1. The van der Waals surface area contributed by atoms with Gasteiger partial charge in [0.2, 0.25) is 0 Å². The molecule has 1 amide bonds. The molecule has 4 nitrogen and oxygen atoms in total. The van der Waals surface area contributed by atoms with Crippen molar-refractivity contribution in [3.63, 3.8) is 0 Å². The summed E-state index contributed by atoms with van der Waals surface area (Å²) in [6.07, 6.45) is 8.77. The second-order valence-corrected chi connectivity index (χ2v) is 6.23. The number of rotatable bonds is 4. The first-order valence-corrected chi connectivity index (χ1v) is 8.35. The second kappa shape index (κ2) is 8.38. The van der Waals surface area contributed by atoms with Gasteiger partial charge in [0.1, 0.15) is 11.6 Å². The van der Waals surface area contributed by atoms with Gasteiger partial charge in [-0.1, -0.05) is 37.8 Å². The van der Waals surface area contributed by atoms with Crippen LogP contribution in [0, 0.1) is 25.2 Å². The van der Waals surface area contributed by atoms with E-state index in [9.17, 15) is 10.1 Å². The zero-order valence-electron chi connectivity index (χ0n) is 14.0. The van der Waals surface area contributed by atoms with Crippen molar-refractivity contribution in [3.05, 3.63) is 41.1 Å². The molecule has 122 valence electrons. The highest BCUT2D eigenvalue weighted by molar-refractivity contribution is 6.06. The molecule has 0 atom stereocenters. The standard InChI is InChI=1S/C19H25N3O/c1-14-8-7-11-18(15(14)2)22-19(23)16(12-20)13-21-17-9-5-3-4-6-10-17/h7-8,11,13,17,21H,3-6,9-10H2,1-2H3,(H,22,23)/b16-13-. The van der Waals surface area contributed by atoms with Crippen LogP contribution in [-0.4, -0.2) is 11.9 Å². The number of benzene rings is 1. The molecular weight excluding hydrogens is 286 g/mol. The van der Waals surface area contributed by atoms with Crippen molar-refractivity contribution in [1.82, 2.24) is 5.32 Å². The third-order valence-electron chi connectivity index (χ3n) is 4.54. The zero-order chi connectivity index (χ0) is 16.7. The van der Waals surface area contributed by atoms with Crippen LogP contribution in [0.2, 0.25) is 0 Å². The molecule has 1 saturated carbocycles. The molecule has 0 heterocycles. The fraction of sp³-hybridized carbons (Fsp3) is 0.474. The number of carbonyl (C=O) groups is 1. The average molecular weight is 311 g/mol. The number of aryl methyl sites for hydroxylation is 1. The lowest BCUT2D eigenvalue weighted by Crippen LogP contribution is -2.25. The summed E-state index contributed by atoms with van der Waals surface area (Å²) in [5.74, 6) is -0.359. The Balaban J connectivity index is 2.01. The molecule has 0 aliphatic heterocycles. The van der Waals surface area contributed by atoms with Crippen molar-refractivity contribution in [1.29, 1.82) is 5.26 Å². The number of hydrogen-bond acceptors (Lipinski definition) is 3. The van der Waals surface area contributed by atoms with Gasteiger partial charge < -0.3 is 10.6 Å². The number of nitrogens with one attached hydrogen (secondary N) is 2. The van der Waals surface area contributed by atoms with Gasteiger partial charge in [-0.2, -0.15) is 5.26 Å². The Labute approximate surface area is 138 Å². The summed E-state index contributed by atoms with van der Waals surface area (Å²) < 4.78 is 0. The van der Waals surface area contributed by atoms with Crippen LogP contribution < -0.4 is 10.6 Å². The number of amides is 1. The topological polar surface area (TPSA) is 64.9 Å². The first-order valence-electron chi connectivity index (χ1n) is 8.35. The number of hydrogen-bond donors (Lipinski definition) is 2. The van der Waals surface area contributed by atoms with Gasteiger partial charge in [-0.15, -0.1) is 0 Å². The van der Waals surface area contributed by atoms with E-state index in [1.165, 1.54) is 25.7 Å². The van der Waals surface area contributed by atoms with Crippen LogP contribution in [0.1, 0.15) is 49.7 Å². The van der Waals surface area contributed by atoms with Gasteiger partial charge in [0.25, 0.3) is 5.91 Å². The first-order chi connectivity index (χ1) is 11.1. The van der Waals surface area contributed by atoms with Crippen LogP contribution in [0.25, 0.3) is 0 Å². The second-order valence-electron chi connectivity index (χ2n) is 6.23. The fourth-order valence-corrected chi connectivity index (χ4v) is 2.87. The van der Waals surface area contributed by atoms with Gasteiger partial charge in [0.15, 0.2) is 0 Å². The van der Waals surface area contributed by atoms with Gasteiger partial charge in [-0.3, -0.25) is 4.79 Å². The molecule has 4 heteroatoms. The van der Waals surface area contributed by atoms with Crippen molar-refractivity contribution in [2.24, 2.45) is 0 Å². The third-order valence-corrected chi connectivity index (χ3v) is 4.54. The molecule has 2 N–H and O–H groups in total. The van der Waals surface area contributed by atoms with E-state index in [2.05, 4.69) is 10.6 Å². The first kappa shape index (κ1) is 17.1. The van der Waals surface area contributed by atoms with E-state index >= 15 is 0 Å². The minimum absolute atomic E-state index is 0.121. The Morgan fingerprint density at radius 1 is 1.22 bits per heavy atom. The average Bonchev–Trinajstić information content (AvgIpc) is 2.81. The van der Waals surface area contributed by atoms with Crippen LogP contribution in [0.3, 0.4) is 0 Å². The predicted molar refractivity (Wildman–Crippen MR) is 92.9 cm³/mol. The molecule has 0 aromatic heterocycles. The van der Waals surface area contributed by atoms with Crippen molar-refractivity contribution < 1.29 is 4.79 Å². The van der Waals surface area contributed by atoms with Crippen molar-refractivity contribution in [2.45, 2.75) is 58.4 Å². The van der Waals surface area contributed by atoms with Crippen molar-refractivity contribution in [3.8, 4) is 6.07 Å². The van der Waals surface area contributed by atoms with Gasteiger partial charge in [0, 0.05) is 17.9 Å². The van der Waals surface area contributed by atoms with E-state index in [1.54, 1.807) is 6.20 Å². The summed E-state index contributed by atoms with van der Waals surface area (Å²) in [6, 6.07) is 8.12. The van der Waals surface area contributed by atoms with Gasteiger partial charge >= 0.3 is 0 Å². The molecule has 1 aliphatic carbocycles. The van der Waals surface area contributed by atoms with Crippen molar-refractivity contribution in [2.75, 3.05) is 5.32 Å². The monoisotopic (exact) mass is 311 g/mol. The number of anilines is 1. The highest BCUT2D eigenvalue weighted by atomic mass is 16.1. The van der Waals surface area contributed by atoms with Gasteiger partial charge in [-0.25, -0.2) is 0 Å². The fourth-order valence-electron chi connectivity index (χ4n) is 2.87. The Bertz CT molecular complexity index is 620. The lowest BCUT2D eigenvalue weighted by atomic mass is 10.1. The lowest BCUT2D eigenvalue weighted by Gasteiger charge is -2.15. The SMILES string of the molecule is Cc1cccc(NC(=O)/C(C#N)=C\NC2CCCCCC2)c1C. The summed E-state index contributed by atoms with van der Waals surface area (Å²) >= 11 is 0. The highest BCUT2D eigenvalue weighted by Gasteiger charge is 2.14. The van der Waals surface area contributed by atoms with E-state index in [4.69, 9.17) is 0 Å². The molecule has 1 aromatic carbocycles. The third kappa shape index (κ3) is 4.85. The maximum Gasteiger partial charge on any atom is 0.267 e. The summed E-state index contributed by atoms with van der Waals surface area (Å²) in [7, 11) is 0. The Hall–Kier alpha value is -2.28. The van der Waals surface area contributed by atoms with E-state index in [1.807, 2.05) is 38.1 Å². The van der Waals surface area contributed by atoms with Crippen LogP contribution >= 0.6 is 0 Å².